The molecule has 39 heavy (non-hydrogen) atoms. The van der Waals surface area contributed by atoms with Crippen molar-refractivity contribution in [3.05, 3.63) is 56.4 Å². The van der Waals surface area contributed by atoms with E-state index in [1.165, 1.54) is 0 Å². The smallest absolute Gasteiger partial charge is 0.335 e. The van der Waals surface area contributed by atoms with Gasteiger partial charge >= 0.3 is 12.4 Å². The van der Waals surface area contributed by atoms with E-state index in [9.17, 15) is 40.7 Å². The van der Waals surface area contributed by atoms with Crippen molar-refractivity contribution in [2.45, 2.75) is 39.7 Å². The van der Waals surface area contributed by atoms with Crippen LogP contribution in [0.2, 0.25) is 0 Å². The number of rotatable bonds is 4. The predicted octanol–water partition coefficient (Wildman–Crippen LogP) is 4.51. The maximum atomic E-state index is 13.1. The number of aryl methyl sites for hydroxylation is 1. The molecule has 0 spiro atoms. The van der Waals surface area contributed by atoms with E-state index in [1.807, 2.05) is 19.2 Å². The molecule has 0 radical (unpaired) electrons. The number of thiophene rings is 1. The summed E-state index contributed by atoms with van der Waals surface area (Å²) in [5.74, 6) is -1.29. The molecule has 1 saturated heterocycles. The number of hydrogen-bond donors (Lipinski definition) is 2. The van der Waals surface area contributed by atoms with Crippen LogP contribution in [0.15, 0.2) is 29.3 Å². The maximum absolute atomic E-state index is 13.1. The van der Waals surface area contributed by atoms with Gasteiger partial charge in [-0.15, -0.1) is 11.3 Å². The van der Waals surface area contributed by atoms with Crippen LogP contribution in [0.5, 0.6) is 0 Å². The second-order valence-corrected chi connectivity index (χ2v) is 9.30. The van der Waals surface area contributed by atoms with Gasteiger partial charge < -0.3 is 15.5 Å². The SMILES string of the molecule is CC.Cc1c(C(=O)N2CCNCC2)sc2ncn(CC(=O)Nc3cc(C(F)(F)F)cc(C(F)(F)F)c3)c(=O)c12. The third-order valence-electron chi connectivity index (χ3n) is 5.70. The van der Waals surface area contributed by atoms with Gasteiger partial charge in [-0.1, -0.05) is 13.8 Å². The van der Waals surface area contributed by atoms with Crippen molar-refractivity contribution in [3.63, 3.8) is 0 Å². The van der Waals surface area contributed by atoms with Gasteiger partial charge in [-0.05, 0) is 30.7 Å². The highest BCUT2D eigenvalue weighted by Gasteiger charge is 2.37. The van der Waals surface area contributed by atoms with Crippen molar-refractivity contribution in [2.75, 3.05) is 31.5 Å². The lowest BCUT2D eigenvalue weighted by atomic mass is 10.1. The Hall–Kier alpha value is -3.46. The van der Waals surface area contributed by atoms with Crippen LogP contribution in [0, 0.1) is 6.92 Å². The third kappa shape index (κ3) is 6.76. The Kier molecular flexibility index (Phi) is 9.05. The number of carbonyl (C=O) groups is 2. The molecule has 0 saturated carbocycles. The molecule has 2 N–H and O–H groups in total. The Morgan fingerprint density at radius 1 is 1.03 bits per heavy atom. The van der Waals surface area contributed by atoms with E-state index in [-0.39, 0.29) is 22.2 Å². The molecule has 212 valence electrons. The number of fused-ring (bicyclic) bond motifs is 1. The van der Waals surface area contributed by atoms with Crippen LogP contribution in [-0.2, 0) is 23.7 Å². The van der Waals surface area contributed by atoms with Gasteiger partial charge in [0, 0.05) is 31.9 Å². The number of nitrogens with one attached hydrogen (secondary N) is 2. The van der Waals surface area contributed by atoms with Crippen molar-refractivity contribution in [3.8, 4) is 0 Å². The van der Waals surface area contributed by atoms with Crippen LogP contribution < -0.4 is 16.2 Å². The number of piperazine rings is 1. The lowest BCUT2D eigenvalue weighted by Gasteiger charge is -2.27. The summed E-state index contributed by atoms with van der Waals surface area (Å²) < 4.78 is 79.3. The largest absolute Gasteiger partial charge is 0.416 e. The summed E-state index contributed by atoms with van der Waals surface area (Å²) in [4.78, 5) is 44.8. The van der Waals surface area contributed by atoms with Crippen LogP contribution in [0.25, 0.3) is 10.2 Å². The first-order valence-corrected chi connectivity index (χ1v) is 12.6. The van der Waals surface area contributed by atoms with E-state index in [1.54, 1.807) is 11.8 Å². The van der Waals surface area contributed by atoms with Gasteiger partial charge in [-0.3, -0.25) is 19.0 Å². The standard InChI is InChI=1S/C22H19F6N5O3S.C2H6/c1-11-16-18(37-17(11)20(36)32-4-2-29-3-5-32)30-10-33(19(16)35)9-15(34)31-14-7-12(21(23,24)25)6-13(8-14)22(26,27)28;1-2/h6-8,10,29H,2-5,9H2,1H3,(H,31,34);1-2H3. The van der Waals surface area contributed by atoms with Gasteiger partial charge in [0.2, 0.25) is 5.91 Å². The summed E-state index contributed by atoms with van der Waals surface area (Å²) >= 11 is 1.03. The van der Waals surface area contributed by atoms with Gasteiger partial charge in [0.05, 0.1) is 27.7 Å². The van der Waals surface area contributed by atoms with E-state index in [0.717, 1.165) is 22.2 Å². The van der Waals surface area contributed by atoms with Crippen LogP contribution in [0.4, 0.5) is 32.0 Å². The van der Waals surface area contributed by atoms with Crippen LogP contribution in [-0.4, -0.2) is 52.4 Å². The van der Waals surface area contributed by atoms with Gasteiger partial charge in [0.25, 0.3) is 11.5 Å². The number of amides is 2. The molecule has 4 rings (SSSR count). The fraction of sp³-hybridized carbons (Fsp3) is 0.417. The van der Waals surface area contributed by atoms with Crippen molar-refractivity contribution < 1.29 is 35.9 Å². The van der Waals surface area contributed by atoms with Crippen LogP contribution in [0.1, 0.15) is 40.2 Å². The maximum Gasteiger partial charge on any atom is 0.416 e. The molecule has 8 nitrogen and oxygen atoms in total. The molecule has 3 aromatic rings. The Bertz CT molecular complexity index is 1390. The number of halogens is 6. The van der Waals surface area contributed by atoms with E-state index >= 15 is 0 Å². The molecular weight excluding hydrogens is 552 g/mol. The molecule has 0 bridgehead atoms. The van der Waals surface area contributed by atoms with Crippen molar-refractivity contribution >= 4 is 39.1 Å². The van der Waals surface area contributed by atoms with Crippen LogP contribution >= 0.6 is 11.3 Å². The molecule has 1 aromatic carbocycles. The normalized spacial score (nSPS) is 14.1. The van der Waals surface area contributed by atoms with E-state index < -0.39 is 47.2 Å². The molecule has 1 fully saturated rings. The van der Waals surface area contributed by atoms with E-state index in [2.05, 4.69) is 10.3 Å². The highest BCUT2D eigenvalue weighted by atomic mass is 32.1. The molecule has 0 unspecified atom stereocenters. The van der Waals surface area contributed by atoms with Gasteiger partial charge in [0.1, 0.15) is 11.4 Å². The minimum Gasteiger partial charge on any atom is -0.335 e. The van der Waals surface area contributed by atoms with Crippen LogP contribution in [0.3, 0.4) is 0 Å². The predicted molar refractivity (Wildman–Crippen MR) is 134 cm³/mol. The zero-order valence-electron chi connectivity index (χ0n) is 21.1. The fourth-order valence-electron chi connectivity index (χ4n) is 3.87. The van der Waals surface area contributed by atoms with E-state index in [4.69, 9.17) is 0 Å². The number of aromatic nitrogens is 2. The molecule has 2 amide bonds. The zero-order chi connectivity index (χ0) is 29.1. The highest BCUT2D eigenvalue weighted by Crippen LogP contribution is 2.37. The Labute approximate surface area is 222 Å². The van der Waals surface area contributed by atoms with Gasteiger partial charge in [-0.2, -0.15) is 26.3 Å². The molecule has 2 aromatic heterocycles. The quantitative estimate of drug-likeness (QED) is 0.445. The average Bonchev–Trinajstić information content (AvgIpc) is 3.22. The van der Waals surface area contributed by atoms with Crippen molar-refractivity contribution in [2.24, 2.45) is 0 Å². The summed E-state index contributed by atoms with van der Waals surface area (Å²) in [7, 11) is 0. The number of carbonyl (C=O) groups excluding carboxylic acids is 2. The number of benzene rings is 1. The first-order valence-electron chi connectivity index (χ1n) is 11.8. The van der Waals surface area contributed by atoms with Gasteiger partial charge in [-0.25, -0.2) is 4.98 Å². The topological polar surface area (TPSA) is 96.3 Å². The first-order chi connectivity index (χ1) is 18.3. The molecular formula is C24H25F6N5O3S. The van der Waals surface area contributed by atoms with Gasteiger partial charge in [0.15, 0.2) is 0 Å². The number of hydrogen-bond acceptors (Lipinski definition) is 6. The minimum absolute atomic E-state index is 0.0589. The Morgan fingerprint density at radius 3 is 2.13 bits per heavy atom. The zero-order valence-corrected chi connectivity index (χ0v) is 21.9. The summed E-state index contributed by atoms with van der Waals surface area (Å²) in [6.45, 7) is 7.10. The lowest BCUT2D eigenvalue weighted by molar-refractivity contribution is -0.143. The Balaban J connectivity index is 0.00000205. The third-order valence-corrected chi connectivity index (χ3v) is 6.89. The van der Waals surface area contributed by atoms with Crippen molar-refractivity contribution in [1.29, 1.82) is 0 Å². The molecule has 1 aliphatic rings. The Morgan fingerprint density at radius 2 is 1.59 bits per heavy atom. The van der Waals surface area contributed by atoms with E-state index in [0.29, 0.717) is 48.8 Å². The number of alkyl halides is 6. The summed E-state index contributed by atoms with van der Waals surface area (Å²) in [6.07, 6.45) is -9.13. The number of nitrogens with zero attached hydrogens (tertiary/aromatic N) is 3. The summed E-state index contributed by atoms with van der Waals surface area (Å²) in [6, 6.07) is 0.680. The van der Waals surface area contributed by atoms with Crippen molar-refractivity contribution in [1.82, 2.24) is 19.8 Å². The number of anilines is 1. The summed E-state index contributed by atoms with van der Waals surface area (Å²) in [5, 5.41) is 5.22. The minimum atomic E-state index is -5.08. The first kappa shape index (κ1) is 30.1. The monoisotopic (exact) mass is 577 g/mol. The lowest BCUT2D eigenvalue weighted by Crippen LogP contribution is -2.46. The second-order valence-electron chi connectivity index (χ2n) is 8.30. The molecule has 15 heteroatoms. The molecule has 0 aliphatic carbocycles. The summed E-state index contributed by atoms with van der Waals surface area (Å²) in [5.41, 5.74) is -4.21. The molecule has 3 heterocycles. The molecule has 0 atom stereocenters. The average molecular weight is 578 g/mol. The molecule has 1 aliphatic heterocycles. The fourth-order valence-corrected chi connectivity index (χ4v) is 4.98. The highest BCUT2D eigenvalue weighted by molar-refractivity contribution is 7.20. The second kappa shape index (κ2) is 11.7.